The van der Waals surface area contributed by atoms with Gasteiger partial charge in [-0.2, -0.15) is 0 Å². The van der Waals surface area contributed by atoms with Gasteiger partial charge in [-0.15, -0.1) is 12.4 Å². The molecule has 0 spiro atoms. The third-order valence-corrected chi connectivity index (χ3v) is 5.31. The standard InChI is InChI=1S/C18H18N2O3S.ClH/c1-23-16-7-5-14(6-8-16)9-12-20-24(21,22)18-4-2-3-15-13-19-11-10-17(15)18;/h2-8,10-11,13,20H,9,12H2,1H3;1H. The molecule has 7 heteroatoms. The van der Waals surface area contributed by atoms with E-state index in [-0.39, 0.29) is 17.3 Å². The first kappa shape index (κ1) is 19.2. The largest absolute Gasteiger partial charge is 0.497 e. The van der Waals surface area contributed by atoms with Crippen molar-refractivity contribution in [2.24, 2.45) is 0 Å². The number of fused-ring (bicyclic) bond motifs is 1. The second-order valence-corrected chi connectivity index (χ2v) is 7.08. The molecule has 0 saturated carbocycles. The average molecular weight is 379 g/mol. The van der Waals surface area contributed by atoms with E-state index in [2.05, 4.69) is 9.71 Å². The Hall–Kier alpha value is -2.15. The summed E-state index contributed by atoms with van der Waals surface area (Å²) in [5, 5.41) is 1.47. The molecule has 5 nitrogen and oxygen atoms in total. The third kappa shape index (κ3) is 4.48. The first-order chi connectivity index (χ1) is 11.6. The van der Waals surface area contributed by atoms with E-state index in [9.17, 15) is 8.42 Å². The van der Waals surface area contributed by atoms with Crippen LogP contribution in [0.1, 0.15) is 5.56 Å². The van der Waals surface area contributed by atoms with Crippen molar-refractivity contribution in [3.63, 3.8) is 0 Å². The van der Waals surface area contributed by atoms with Crippen molar-refractivity contribution < 1.29 is 13.2 Å². The predicted molar refractivity (Wildman–Crippen MR) is 101 cm³/mol. The van der Waals surface area contributed by atoms with E-state index in [0.29, 0.717) is 18.4 Å². The first-order valence-electron chi connectivity index (χ1n) is 7.55. The fourth-order valence-corrected chi connectivity index (χ4v) is 3.79. The van der Waals surface area contributed by atoms with Crippen LogP contribution in [-0.4, -0.2) is 27.1 Å². The summed E-state index contributed by atoms with van der Waals surface area (Å²) in [7, 11) is -1.96. The van der Waals surface area contributed by atoms with E-state index in [4.69, 9.17) is 4.74 Å². The molecule has 132 valence electrons. The van der Waals surface area contributed by atoms with Crippen LogP contribution >= 0.6 is 12.4 Å². The van der Waals surface area contributed by atoms with E-state index in [1.165, 1.54) is 0 Å². The highest BCUT2D eigenvalue weighted by Gasteiger charge is 2.16. The zero-order valence-corrected chi connectivity index (χ0v) is 15.3. The van der Waals surface area contributed by atoms with Gasteiger partial charge in [-0.1, -0.05) is 24.3 Å². The monoisotopic (exact) mass is 378 g/mol. The molecule has 0 radical (unpaired) electrons. The van der Waals surface area contributed by atoms with E-state index in [0.717, 1.165) is 16.7 Å². The Bertz CT molecular complexity index is 939. The van der Waals surface area contributed by atoms with Gasteiger partial charge in [0.25, 0.3) is 0 Å². The quantitative estimate of drug-likeness (QED) is 0.715. The number of ether oxygens (including phenoxy) is 1. The molecule has 0 aliphatic carbocycles. The number of benzene rings is 2. The molecule has 0 atom stereocenters. The van der Waals surface area contributed by atoms with Gasteiger partial charge >= 0.3 is 0 Å². The summed E-state index contributed by atoms with van der Waals surface area (Å²) in [6, 6.07) is 14.5. The van der Waals surface area contributed by atoms with Gasteiger partial charge in [0.1, 0.15) is 5.75 Å². The zero-order chi connectivity index (χ0) is 17.0. The summed E-state index contributed by atoms with van der Waals surface area (Å²) in [6.45, 7) is 0.329. The SMILES string of the molecule is COc1ccc(CCNS(=O)(=O)c2cccc3cnccc23)cc1.Cl. The number of aromatic nitrogens is 1. The molecule has 0 aliphatic heterocycles. The lowest BCUT2D eigenvalue weighted by Crippen LogP contribution is -2.26. The van der Waals surface area contributed by atoms with Crippen LogP contribution in [0.3, 0.4) is 0 Å². The van der Waals surface area contributed by atoms with Gasteiger partial charge in [-0.25, -0.2) is 13.1 Å². The molecule has 2 aromatic carbocycles. The summed E-state index contributed by atoms with van der Waals surface area (Å²) in [5.74, 6) is 0.781. The Balaban J connectivity index is 0.00000225. The highest BCUT2D eigenvalue weighted by molar-refractivity contribution is 7.89. The average Bonchev–Trinajstić information content (AvgIpc) is 2.61. The number of nitrogens with zero attached hydrogens (tertiary/aromatic N) is 1. The molecule has 3 rings (SSSR count). The summed E-state index contributed by atoms with van der Waals surface area (Å²) in [4.78, 5) is 4.30. The number of nitrogens with one attached hydrogen (secondary N) is 1. The smallest absolute Gasteiger partial charge is 0.241 e. The third-order valence-electron chi connectivity index (χ3n) is 3.80. The Morgan fingerprint density at radius 1 is 1.08 bits per heavy atom. The molecule has 3 aromatic rings. The van der Waals surface area contributed by atoms with Crippen LogP contribution in [0.5, 0.6) is 5.75 Å². The van der Waals surface area contributed by atoms with Gasteiger partial charge in [-0.05, 0) is 36.2 Å². The molecule has 0 unspecified atom stereocenters. The van der Waals surface area contributed by atoms with Crippen molar-refractivity contribution >= 4 is 33.2 Å². The topological polar surface area (TPSA) is 68.3 Å². The van der Waals surface area contributed by atoms with Crippen molar-refractivity contribution in [2.75, 3.05) is 13.7 Å². The molecular weight excluding hydrogens is 360 g/mol. The number of halogens is 1. The van der Waals surface area contributed by atoms with Gasteiger partial charge in [0, 0.05) is 29.7 Å². The number of hydrogen-bond acceptors (Lipinski definition) is 4. The normalized spacial score (nSPS) is 11.1. The van der Waals surface area contributed by atoms with Gasteiger partial charge in [-0.3, -0.25) is 4.98 Å². The predicted octanol–water partition coefficient (Wildman–Crippen LogP) is 3.19. The van der Waals surface area contributed by atoms with E-state index in [1.807, 2.05) is 30.3 Å². The Kier molecular flexibility index (Phi) is 6.36. The summed E-state index contributed by atoms with van der Waals surface area (Å²) < 4.78 is 32.9. The number of hydrogen-bond donors (Lipinski definition) is 1. The number of methoxy groups -OCH3 is 1. The molecule has 0 amide bonds. The number of pyridine rings is 1. The van der Waals surface area contributed by atoms with Crippen molar-refractivity contribution in [2.45, 2.75) is 11.3 Å². The highest BCUT2D eigenvalue weighted by atomic mass is 35.5. The van der Waals surface area contributed by atoms with Crippen LogP contribution in [0.15, 0.2) is 65.8 Å². The van der Waals surface area contributed by atoms with Crippen LogP contribution in [0.2, 0.25) is 0 Å². The molecule has 0 aliphatic rings. The molecule has 25 heavy (non-hydrogen) atoms. The maximum atomic E-state index is 12.6. The maximum absolute atomic E-state index is 12.6. The first-order valence-corrected chi connectivity index (χ1v) is 9.04. The van der Waals surface area contributed by atoms with Crippen LogP contribution < -0.4 is 9.46 Å². The lowest BCUT2D eigenvalue weighted by atomic mass is 10.1. The zero-order valence-electron chi connectivity index (χ0n) is 13.7. The minimum absolute atomic E-state index is 0. The van der Waals surface area contributed by atoms with Crippen LogP contribution in [0, 0.1) is 0 Å². The van der Waals surface area contributed by atoms with Gasteiger partial charge in [0.15, 0.2) is 0 Å². The molecule has 1 heterocycles. The molecule has 0 fully saturated rings. The van der Waals surface area contributed by atoms with Crippen LogP contribution in [-0.2, 0) is 16.4 Å². The van der Waals surface area contributed by atoms with E-state index < -0.39 is 10.0 Å². The summed E-state index contributed by atoms with van der Waals surface area (Å²) in [6.07, 6.45) is 3.86. The summed E-state index contributed by atoms with van der Waals surface area (Å²) in [5.41, 5.74) is 1.04. The summed E-state index contributed by atoms with van der Waals surface area (Å²) >= 11 is 0. The minimum atomic E-state index is -3.57. The second kappa shape index (κ2) is 8.29. The van der Waals surface area contributed by atoms with Crippen molar-refractivity contribution in [1.82, 2.24) is 9.71 Å². The number of rotatable bonds is 6. The fraction of sp³-hybridized carbons (Fsp3) is 0.167. The van der Waals surface area contributed by atoms with Gasteiger partial charge in [0.05, 0.1) is 12.0 Å². The molecule has 0 saturated heterocycles. The Morgan fingerprint density at radius 2 is 1.84 bits per heavy atom. The number of sulfonamides is 1. The molecular formula is C18H19ClN2O3S. The van der Waals surface area contributed by atoms with E-state index in [1.54, 1.807) is 37.7 Å². The van der Waals surface area contributed by atoms with Crippen molar-refractivity contribution in [3.05, 3.63) is 66.5 Å². The van der Waals surface area contributed by atoms with Crippen LogP contribution in [0.4, 0.5) is 0 Å². The van der Waals surface area contributed by atoms with Gasteiger partial charge in [0.2, 0.25) is 10.0 Å². The van der Waals surface area contributed by atoms with Crippen molar-refractivity contribution in [3.8, 4) is 5.75 Å². The lowest BCUT2D eigenvalue weighted by Gasteiger charge is -2.09. The maximum Gasteiger partial charge on any atom is 0.241 e. The second-order valence-electron chi connectivity index (χ2n) is 5.35. The van der Waals surface area contributed by atoms with Gasteiger partial charge < -0.3 is 4.74 Å². The molecule has 0 bridgehead atoms. The molecule has 1 aromatic heterocycles. The Morgan fingerprint density at radius 3 is 2.56 bits per heavy atom. The van der Waals surface area contributed by atoms with Crippen molar-refractivity contribution in [1.29, 1.82) is 0 Å². The molecule has 1 N–H and O–H groups in total. The lowest BCUT2D eigenvalue weighted by molar-refractivity contribution is 0.414. The minimum Gasteiger partial charge on any atom is -0.497 e. The highest BCUT2D eigenvalue weighted by Crippen LogP contribution is 2.21. The fourth-order valence-electron chi connectivity index (χ4n) is 2.53. The Labute approximate surface area is 153 Å². The van der Waals surface area contributed by atoms with Crippen LogP contribution in [0.25, 0.3) is 10.8 Å². The van der Waals surface area contributed by atoms with E-state index >= 15 is 0 Å².